The Morgan fingerprint density at radius 2 is 2.20 bits per heavy atom. The number of ether oxygens (including phenoxy) is 2. The van der Waals surface area contributed by atoms with E-state index < -0.39 is 5.97 Å². The third kappa shape index (κ3) is 3.00. The molecule has 2 N–H and O–H groups in total. The van der Waals surface area contributed by atoms with E-state index in [2.05, 4.69) is 10.3 Å². The Morgan fingerprint density at radius 3 is 2.85 bits per heavy atom. The molecule has 0 radical (unpaired) electrons. The van der Waals surface area contributed by atoms with Gasteiger partial charge in [0, 0.05) is 18.2 Å². The fourth-order valence-electron chi connectivity index (χ4n) is 1.70. The number of nitrogens with one attached hydrogen (secondary N) is 1. The highest BCUT2D eigenvalue weighted by Gasteiger charge is 2.14. The molecular weight excluding hydrogens is 280 g/mol. The number of aromatic nitrogens is 1. The van der Waals surface area contributed by atoms with Gasteiger partial charge in [0.25, 0.3) is 0 Å². The van der Waals surface area contributed by atoms with Gasteiger partial charge in [0.15, 0.2) is 5.69 Å². The van der Waals surface area contributed by atoms with E-state index in [4.69, 9.17) is 14.6 Å². The first-order valence-electron chi connectivity index (χ1n) is 5.77. The van der Waals surface area contributed by atoms with E-state index in [-0.39, 0.29) is 5.69 Å². The van der Waals surface area contributed by atoms with Crippen LogP contribution in [0.3, 0.4) is 0 Å². The molecule has 0 atom stereocenters. The van der Waals surface area contributed by atoms with Gasteiger partial charge >= 0.3 is 5.97 Å². The molecule has 1 aromatic heterocycles. The Kier molecular flexibility index (Phi) is 4.41. The number of thiazole rings is 1. The Bertz CT molecular complexity index is 612. The van der Waals surface area contributed by atoms with Crippen molar-refractivity contribution >= 4 is 22.3 Å². The molecule has 6 nitrogen and oxygen atoms in total. The number of methoxy groups -OCH3 is 2. The van der Waals surface area contributed by atoms with Gasteiger partial charge in [-0.15, -0.1) is 11.3 Å². The quantitative estimate of drug-likeness (QED) is 0.852. The topological polar surface area (TPSA) is 80.7 Å². The Morgan fingerprint density at radius 1 is 1.40 bits per heavy atom. The van der Waals surface area contributed by atoms with Gasteiger partial charge in [0.2, 0.25) is 0 Å². The molecule has 1 heterocycles. The van der Waals surface area contributed by atoms with Gasteiger partial charge in [-0.3, -0.25) is 0 Å². The van der Waals surface area contributed by atoms with Gasteiger partial charge in [-0.25, -0.2) is 9.78 Å². The van der Waals surface area contributed by atoms with Crippen molar-refractivity contribution in [1.29, 1.82) is 0 Å². The second kappa shape index (κ2) is 6.25. The molecule has 7 heteroatoms. The number of rotatable bonds is 6. The zero-order valence-electron chi connectivity index (χ0n) is 11.0. The molecular formula is C13H14N2O4S. The summed E-state index contributed by atoms with van der Waals surface area (Å²) >= 11 is 1.25. The normalized spacial score (nSPS) is 10.1. The number of hydrogen-bond donors (Lipinski definition) is 2. The van der Waals surface area contributed by atoms with Gasteiger partial charge in [0.05, 0.1) is 19.7 Å². The van der Waals surface area contributed by atoms with Gasteiger partial charge < -0.3 is 19.9 Å². The van der Waals surface area contributed by atoms with E-state index in [1.165, 1.54) is 16.8 Å². The standard InChI is InChI=1S/C13H14N2O4S/c1-18-9-4-3-8(10(5-9)19-2)6-14-12-11(13(16)17)15-7-20-12/h3-5,7,14H,6H2,1-2H3,(H,16,17). The molecule has 0 spiro atoms. The average molecular weight is 294 g/mol. The number of anilines is 1. The third-order valence-electron chi connectivity index (χ3n) is 2.70. The molecule has 0 bridgehead atoms. The molecule has 0 unspecified atom stereocenters. The molecule has 20 heavy (non-hydrogen) atoms. The number of hydrogen-bond acceptors (Lipinski definition) is 6. The second-order valence-electron chi connectivity index (χ2n) is 3.87. The first kappa shape index (κ1) is 14.1. The van der Waals surface area contributed by atoms with Crippen LogP contribution in [0.1, 0.15) is 16.1 Å². The summed E-state index contributed by atoms with van der Waals surface area (Å²) in [7, 11) is 3.16. The van der Waals surface area contributed by atoms with Crippen LogP contribution >= 0.6 is 11.3 Å². The first-order chi connectivity index (χ1) is 9.65. The fraction of sp³-hybridized carbons (Fsp3) is 0.231. The predicted octanol–water partition coefficient (Wildman–Crippen LogP) is 2.47. The van der Waals surface area contributed by atoms with E-state index in [0.717, 1.165) is 5.56 Å². The van der Waals surface area contributed by atoms with Crippen LogP contribution in [-0.4, -0.2) is 30.3 Å². The van der Waals surface area contributed by atoms with E-state index in [1.807, 2.05) is 12.1 Å². The molecule has 2 aromatic rings. The average Bonchev–Trinajstić information content (AvgIpc) is 2.93. The van der Waals surface area contributed by atoms with E-state index in [9.17, 15) is 4.79 Å². The monoisotopic (exact) mass is 294 g/mol. The number of carbonyl (C=O) groups is 1. The lowest BCUT2D eigenvalue weighted by molar-refractivity contribution is 0.0692. The van der Waals surface area contributed by atoms with E-state index >= 15 is 0 Å². The van der Waals surface area contributed by atoms with Crippen LogP contribution in [0.2, 0.25) is 0 Å². The number of nitrogens with zero attached hydrogens (tertiary/aromatic N) is 1. The maximum atomic E-state index is 11.0. The lowest BCUT2D eigenvalue weighted by Crippen LogP contribution is -2.05. The van der Waals surface area contributed by atoms with Crippen LogP contribution in [-0.2, 0) is 6.54 Å². The van der Waals surface area contributed by atoms with Gasteiger partial charge in [-0.05, 0) is 12.1 Å². The van der Waals surface area contributed by atoms with E-state index in [1.54, 1.807) is 20.3 Å². The van der Waals surface area contributed by atoms with Crippen LogP contribution in [0.4, 0.5) is 5.00 Å². The zero-order valence-corrected chi connectivity index (χ0v) is 11.9. The van der Waals surface area contributed by atoms with Gasteiger partial charge in [-0.2, -0.15) is 0 Å². The summed E-state index contributed by atoms with van der Waals surface area (Å²) in [6, 6.07) is 5.47. The van der Waals surface area contributed by atoms with Gasteiger partial charge in [0.1, 0.15) is 16.5 Å². The van der Waals surface area contributed by atoms with Crippen LogP contribution in [0.5, 0.6) is 11.5 Å². The molecule has 0 aliphatic rings. The molecule has 2 rings (SSSR count). The van der Waals surface area contributed by atoms with Gasteiger partial charge in [-0.1, -0.05) is 0 Å². The third-order valence-corrected chi connectivity index (χ3v) is 3.49. The summed E-state index contributed by atoms with van der Waals surface area (Å²) in [6.45, 7) is 0.440. The molecule has 0 aliphatic carbocycles. The molecule has 0 fully saturated rings. The summed E-state index contributed by atoms with van der Waals surface area (Å²) in [5.41, 5.74) is 2.43. The predicted molar refractivity (Wildman–Crippen MR) is 75.9 cm³/mol. The van der Waals surface area contributed by atoms with Crippen molar-refractivity contribution in [2.75, 3.05) is 19.5 Å². The molecule has 106 valence electrons. The van der Waals surface area contributed by atoms with E-state index in [0.29, 0.717) is 23.0 Å². The van der Waals surface area contributed by atoms with Crippen molar-refractivity contribution in [3.63, 3.8) is 0 Å². The van der Waals surface area contributed by atoms with Crippen molar-refractivity contribution < 1.29 is 19.4 Å². The van der Waals surface area contributed by atoms with Crippen molar-refractivity contribution in [2.45, 2.75) is 6.54 Å². The molecule has 0 amide bonds. The SMILES string of the molecule is COc1ccc(CNc2scnc2C(=O)O)c(OC)c1. The summed E-state index contributed by atoms with van der Waals surface area (Å²) in [4.78, 5) is 14.8. The number of carboxylic acids is 1. The summed E-state index contributed by atoms with van der Waals surface area (Å²) in [5, 5.41) is 12.6. The van der Waals surface area contributed by atoms with Crippen LogP contribution in [0.15, 0.2) is 23.7 Å². The minimum absolute atomic E-state index is 0.0301. The lowest BCUT2D eigenvalue weighted by atomic mass is 10.2. The van der Waals surface area contributed by atoms with Crippen molar-refractivity contribution in [1.82, 2.24) is 4.98 Å². The van der Waals surface area contributed by atoms with Crippen LogP contribution < -0.4 is 14.8 Å². The van der Waals surface area contributed by atoms with Crippen LogP contribution in [0, 0.1) is 0 Å². The van der Waals surface area contributed by atoms with Crippen molar-refractivity contribution in [3.05, 3.63) is 35.0 Å². The number of carboxylic acid groups (broad SMARTS) is 1. The zero-order chi connectivity index (χ0) is 14.5. The molecule has 0 aliphatic heterocycles. The minimum atomic E-state index is -1.05. The second-order valence-corrected chi connectivity index (χ2v) is 4.72. The van der Waals surface area contributed by atoms with Crippen LogP contribution in [0.25, 0.3) is 0 Å². The Balaban J connectivity index is 2.14. The first-order valence-corrected chi connectivity index (χ1v) is 6.65. The highest BCUT2D eigenvalue weighted by molar-refractivity contribution is 7.14. The summed E-state index contributed by atoms with van der Waals surface area (Å²) in [5.74, 6) is 0.336. The minimum Gasteiger partial charge on any atom is -0.497 e. The molecule has 0 saturated carbocycles. The highest BCUT2D eigenvalue weighted by Crippen LogP contribution is 2.27. The van der Waals surface area contributed by atoms with Crippen molar-refractivity contribution in [3.8, 4) is 11.5 Å². The smallest absolute Gasteiger partial charge is 0.357 e. The lowest BCUT2D eigenvalue weighted by Gasteiger charge is -2.11. The number of benzene rings is 1. The maximum absolute atomic E-state index is 11.0. The Hall–Kier alpha value is -2.28. The molecule has 0 saturated heterocycles. The summed E-state index contributed by atoms with van der Waals surface area (Å²) < 4.78 is 10.4. The highest BCUT2D eigenvalue weighted by atomic mass is 32.1. The largest absolute Gasteiger partial charge is 0.497 e. The Labute approximate surface area is 120 Å². The fourth-order valence-corrected chi connectivity index (χ4v) is 2.37. The molecule has 1 aromatic carbocycles. The van der Waals surface area contributed by atoms with Crippen molar-refractivity contribution in [2.24, 2.45) is 0 Å². The summed E-state index contributed by atoms with van der Waals surface area (Å²) in [6.07, 6.45) is 0. The maximum Gasteiger partial charge on any atom is 0.357 e. The number of aromatic carboxylic acids is 1.